The lowest BCUT2D eigenvalue weighted by molar-refractivity contribution is 1.50. The number of halogens is 2. The fourth-order valence-electron chi connectivity index (χ4n) is 0.953. The summed E-state index contributed by atoms with van der Waals surface area (Å²) in [5.74, 6) is 0. The molecule has 5 heteroatoms. The number of hydrogen-bond acceptors (Lipinski definition) is 3. The van der Waals surface area contributed by atoms with Gasteiger partial charge in [-0.15, -0.1) is 0 Å². The maximum absolute atomic E-state index is 5.92. The summed E-state index contributed by atoms with van der Waals surface area (Å²) in [5.41, 5.74) is 6.31. The molecule has 0 amide bonds. The Morgan fingerprint density at radius 2 is 2.08 bits per heavy atom. The molecule has 12 heavy (non-hydrogen) atoms. The molecule has 0 fully saturated rings. The number of nitrogens with zero attached hydrogens (tertiary/aromatic N) is 1. The van der Waals surface area contributed by atoms with Crippen LogP contribution < -0.4 is 5.73 Å². The van der Waals surface area contributed by atoms with E-state index in [4.69, 9.17) is 28.9 Å². The zero-order chi connectivity index (χ0) is 8.72. The largest absolute Gasteiger partial charge is 0.375 e. The third-order valence-corrected chi connectivity index (χ3v) is 3.30. The first kappa shape index (κ1) is 8.10. The van der Waals surface area contributed by atoms with Crippen molar-refractivity contribution in [2.75, 3.05) is 5.73 Å². The number of nitrogens with two attached hydrogens (primary N) is 1. The van der Waals surface area contributed by atoms with Gasteiger partial charge in [0.25, 0.3) is 0 Å². The normalized spacial score (nSPS) is 10.8. The van der Waals surface area contributed by atoms with Crippen molar-refractivity contribution < 1.29 is 0 Å². The van der Waals surface area contributed by atoms with E-state index in [-0.39, 0.29) is 0 Å². The molecule has 0 saturated carbocycles. The van der Waals surface area contributed by atoms with Crippen molar-refractivity contribution in [2.45, 2.75) is 0 Å². The molecular weight excluding hydrogens is 215 g/mol. The summed E-state index contributed by atoms with van der Waals surface area (Å²) in [4.78, 5) is 4.07. The summed E-state index contributed by atoms with van der Waals surface area (Å²) in [6, 6.07) is 3.52. The van der Waals surface area contributed by atoms with Crippen LogP contribution in [0.5, 0.6) is 0 Å². The van der Waals surface area contributed by atoms with Gasteiger partial charge in [-0.3, -0.25) is 0 Å². The standard InChI is InChI=1S/C7H4Cl2N2S/c8-3-1-2-4-6(5(3)9)12-7(10)11-4/h1-2H,(H2,10,11). The van der Waals surface area contributed by atoms with Crippen molar-refractivity contribution in [3.05, 3.63) is 22.2 Å². The Kier molecular flexibility index (Phi) is 1.87. The lowest BCUT2D eigenvalue weighted by atomic mass is 10.3. The Bertz CT molecular complexity index is 438. The van der Waals surface area contributed by atoms with Gasteiger partial charge in [-0.25, -0.2) is 4.98 Å². The zero-order valence-corrected chi connectivity index (χ0v) is 8.17. The average Bonchev–Trinajstić information content (AvgIpc) is 2.39. The first-order valence-electron chi connectivity index (χ1n) is 3.18. The number of rotatable bonds is 0. The molecule has 1 aromatic heterocycles. The SMILES string of the molecule is Nc1nc2ccc(Cl)c(Cl)c2s1. The maximum Gasteiger partial charge on any atom is 0.181 e. The third kappa shape index (κ3) is 1.14. The molecular formula is C7H4Cl2N2S. The number of hydrogen-bond donors (Lipinski definition) is 1. The molecule has 1 aromatic carbocycles. The van der Waals surface area contributed by atoms with E-state index < -0.39 is 0 Å². The quantitative estimate of drug-likeness (QED) is 0.738. The lowest BCUT2D eigenvalue weighted by Gasteiger charge is -1.93. The molecule has 0 bridgehead atoms. The minimum Gasteiger partial charge on any atom is -0.375 e. The van der Waals surface area contributed by atoms with Crippen molar-refractivity contribution in [3.8, 4) is 0 Å². The highest BCUT2D eigenvalue weighted by Gasteiger charge is 2.07. The van der Waals surface area contributed by atoms with Gasteiger partial charge in [0.1, 0.15) is 0 Å². The molecule has 0 atom stereocenters. The molecule has 0 aliphatic rings. The Morgan fingerprint density at radius 1 is 1.33 bits per heavy atom. The van der Waals surface area contributed by atoms with Gasteiger partial charge < -0.3 is 5.73 Å². The van der Waals surface area contributed by atoms with Crippen LogP contribution in [0.25, 0.3) is 10.2 Å². The molecule has 0 saturated heterocycles. The van der Waals surface area contributed by atoms with Gasteiger partial charge in [-0.05, 0) is 12.1 Å². The van der Waals surface area contributed by atoms with E-state index in [0.29, 0.717) is 15.2 Å². The van der Waals surface area contributed by atoms with Gasteiger partial charge in [0, 0.05) is 0 Å². The number of fused-ring (bicyclic) bond motifs is 1. The molecule has 1 heterocycles. The van der Waals surface area contributed by atoms with Crippen LogP contribution in [0, 0.1) is 0 Å². The van der Waals surface area contributed by atoms with Crippen molar-refractivity contribution in [1.29, 1.82) is 0 Å². The van der Waals surface area contributed by atoms with E-state index in [1.807, 2.05) is 0 Å². The van der Waals surface area contributed by atoms with Crippen molar-refractivity contribution in [2.24, 2.45) is 0 Å². The Balaban J connectivity index is 2.89. The molecule has 2 nitrogen and oxygen atoms in total. The van der Waals surface area contributed by atoms with Gasteiger partial charge >= 0.3 is 0 Å². The molecule has 2 rings (SSSR count). The predicted octanol–water partition coefficient (Wildman–Crippen LogP) is 3.19. The molecule has 0 aliphatic carbocycles. The van der Waals surface area contributed by atoms with Crippen LogP contribution in [0.15, 0.2) is 12.1 Å². The first-order chi connectivity index (χ1) is 5.68. The highest BCUT2D eigenvalue weighted by molar-refractivity contribution is 7.22. The summed E-state index contributed by atoms with van der Waals surface area (Å²) in [5, 5.41) is 1.57. The Labute approximate surface area is 82.9 Å². The Morgan fingerprint density at radius 3 is 2.83 bits per heavy atom. The molecule has 62 valence electrons. The third-order valence-electron chi connectivity index (χ3n) is 1.47. The van der Waals surface area contributed by atoms with E-state index in [2.05, 4.69) is 4.98 Å². The summed E-state index contributed by atoms with van der Waals surface area (Å²) in [6.07, 6.45) is 0. The van der Waals surface area contributed by atoms with Gasteiger partial charge in [0.15, 0.2) is 5.13 Å². The van der Waals surface area contributed by atoms with Crippen LogP contribution in [0.4, 0.5) is 5.13 Å². The van der Waals surface area contributed by atoms with Crippen LogP contribution >= 0.6 is 34.5 Å². The summed E-state index contributed by atoms with van der Waals surface area (Å²) < 4.78 is 0.849. The molecule has 0 radical (unpaired) electrons. The highest BCUT2D eigenvalue weighted by atomic mass is 35.5. The van der Waals surface area contributed by atoms with Gasteiger partial charge in [0.2, 0.25) is 0 Å². The number of aromatic nitrogens is 1. The van der Waals surface area contributed by atoms with E-state index in [1.54, 1.807) is 12.1 Å². The van der Waals surface area contributed by atoms with Crippen LogP contribution in [-0.2, 0) is 0 Å². The van der Waals surface area contributed by atoms with E-state index in [9.17, 15) is 0 Å². The second-order valence-corrected chi connectivity index (χ2v) is 4.08. The minimum atomic E-state index is 0.508. The van der Waals surface area contributed by atoms with Crippen molar-refractivity contribution >= 4 is 49.9 Å². The molecule has 0 spiro atoms. The second kappa shape index (κ2) is 2.76. The predicted molar refractivity (Wildman–Crippen MR) is 54.1 cm³/mol. The minimum absolute atomic E-state index is 0.508. The second-order valence-electron chi connectivity index (χ2n) is 2.26. The monoisotopic (exact) mass is 218 g/mol. The summed E-state index contributed by atoms with van der Waals surface area (Å²) in [6.45, 7) is 0. The summed E-state index contributed by atoms with van der Waals surface area (Å²) >= 11 is 13.1. The zero-order valence-electron chi connectivity index (χ0n) is 5.84. The summed E-state index contributed by atoms with van der Waals surface area (Å²) in [7, 11) is 0. The van der Waals surface area contributed by atoms with Crippen molar-refractivity contribution in [1.82, 2.24) is 4.98 Å². The molecule has 2 aromatic rings. The number of thiazole rings is 1. The first-order valence-corrected chi connectivity index (χ1v) is 4.76. The highest BCUT2D eigenvalue weighted by Crippen LogP contribution is 2.35. The molecule has 0 aliphatic heterocycles. The Hall–Kier alpha value is -0.510. The topological polar surface area (TPSA) is 38.9 Å². The van der Waals surface area contributed by atoms with Crippen LogP contribution in [0.2, 0.25) is 10.0 Å². The molecule has 2 N–H and O–H groups in total. The van der Waals surface area contributed by atoms with Gasteiger partial charge in [0.05, 0.1) is 20.3 Å². The smallest absolute Gasteiger partial charge is 0.181 e. The number of nitrogen functional groups attached to an aromatic ring is 1. The fraction of sp³-hybridized carbons (Fsp3) is 0. The number of anilines is 1. The van der Waals surface area contributed by atoms with Gasteiger partial charge in [-0.1, -0.05) is 34.5 Å². The van der Waals surface area contributed by atoms with E-state index >= 15 is 0 Å². The van der Waals surface area contributed by atoms with Crippen LogP contribution in [-0.4, -0.2) is 4.98 Å². The van der Waals surface area contributed by atoms with Crippen LogP contribution in [0.3, 0.4) is 0 Å². The van der Waals surface area contributed by atoms with E-state index in [0.717, 1.165) is 10.2 Å². The van der Waals surface area contributed by atoms with E-state index in [1.165, 1.54) is 11.3 Å². The fourth-order valence-corrected chi connectivity index (χ4v) is 2.21. The average molecular weight is 219 g/mol. The maximum atomic E-state index is 5.92. The van der Waals surface area contributed by atoms with Gasteiger partial charge in [-0.2, -0.15) is 0 Å². The molecule has 0 unspecified atom stereocenters. The van der Waals surface area contributed by atoms with Crippen LogP contribution in [0.1, 0.15) is 0 Å². The van der Waals surface area contributed by atoms with Crippen molar-refractivity contribution in [3.63, 3.8) is 0 Å². The number of benzene rings is 1. The lowest BCUT2D eigenvalue weighted by Crippen LogP contribution is -1.78.